The van der Waals surface area contributed by atoms with Crippen LogP contribution in [0.4, 0.5) is 0 Å². The van der Waals surface area contributed by atoms with Crippen molar-refractivity contribution >= 4 is 23.9 Å². The van der Waals surface area contributed by atoms with Crippen molar-refractivity contribution in [1.29, 1.82) is 0 Å². The highest BCUT2D eigenvalue weighted by molar-refractivity contribution is 5.74. The average molecular weight is 1130 g/mol. The van der Waals surface area contributed by atoms with Crippen LogP contribution in [0, 0.1) is 0 Å². The Labute approximate surface area is 490 Å². The summed E-state index contributed by atoms with van der Waals surface area (Å²) in [5.74, 6) is -3.27. The summed E-state index contributed by atoms with van der Waals surface area (Å²) in [4.78, 5) is 51.2. The topological polar surface area (TPSA) is 175 Å². The van der Waals surface area contributed by atoms with E-state index in [0.717, 1.165) is 141 Å². The highest BCUT2D eigenvalue weighted by Crippen LogP contribution is 2.26. The summed E-state index contributed by atoms with van der Waals surface area (Å²) in [5, 5.41) is 31.6. The summed E-state index contributed by atoms with van der Waals surface area (Å²) in [6, 6.07) is 0. The van der Waals surface area contributed by atoms with Crippen LogP contribution in [0.1, 0.15) is 239 Å². The standard InChI is InChI=1S/C69H110O12/c1-4-7-10-13-16-19-22-25-28-30-31-33-35-37-40-43-46-49-52-55-61(70)77-58-60(79-62(71)56-53-50-47-44-41-38-34-27-24-21-18-15-12-9-6-3)59-78-69-67(65(74)64(73)66(81-69)68(75)76)80-63(72)57-54-51-48-45-42-39-36-32-29-26-23-20-17-14-11-8-5-2/h7,10,16-21,25-29,31,33-34,37,40,46,49,60,64-67,69,73-74H,4-6,8-9,11-15,22-24,30,32,35-36,38-39,41-45,47-48,50-59H2,1-3H3,(H,75,76)/b10-7-,19-16-,20-17-,21-18-,28-25-,29-26-,33-31-,34-27-,40-37-,49-46-. The molecule has 0 aromatic heterocycles. The van der Waals surface area contributed by atoms with Crippen LogP contribution in [-0.2, 0) is 42.9 Å². The number of rotatable bonds is 52. The summed E-state index contributed by atoms with van der Waals surface area (Å²) >= 11 is 0. The van der Waals surface area contributed by atoms with Gasteiger partial charge in [-0.05, 0) is 122 Å². The lowest BCUT2D eigenvalue weighted by Gasteiger charge is -2.40. The van der Waals surface area contributed by atoms with Crippen LogP contribution in [0.5, 0.6) is 0 Å². The maximum absolute atomic E-state index is 13.2. The van der Waals surface area contributed by atoms with Gasteiger partial charge < -0.3 is 39.0 Å². The van der Waals surface area contributed by atoms with E-state index in [-0.39, 0.29) is 25.9 Å². The number of carbonyl (C=O) groups is 4. The molecule has 0 spiro atoms. The number of hydrogen-bond donors (Lipinski definition) is 3. The quantitative estimate of drug-likeness (QED) is 0.0228. The highest BCUT2D eigenvalue weighted by atomic mass is 16.7. The number of carboxylic acids is 1. The molecule has 0 amide bonds. The fraction of sp³-hybridized carbons (Fsp3) is 0.652. The second kappa shape index (κ2) is 55.6. The average Bonchev–Trinajstić information content (AvgIpc) is 3.53. The van der Waals surface area contributed by atoms with Crippen molar-refractivity contribution < 1.29 is 58.2 Å². The minimum Gasteiger partial charge on any atom is -0.479 e. The number of unbranched alkanes of at least 4 members (excludes halogenated alkanes) is 18. The first-order valence-electron chi connectivity index (χ1n) is 31.5. The molecule has 458 valence electrons. The van der Waals surface area contributed by atoms with Gasteiger partial charge in [0, 0.05) is 19.3 Å². The van der Waals surface area contributed by atoms with Gasteiger partial charge in [-0.15, -0.1) is 0 Å². The Kier molecular flexibility index (Phi) is 50.9. The molecule has 1 heterocycles. The van der Waals surface area contributed by atoms with Crippen LogP contribution in [-0.4, -0.2) is 89.2 Å². The predicted octanol–water partition coefficient (Wildman–Crippen LogP) is 16.8. The second-order valence-corrected chi connectivity index (χ2v) is 20.9. The molecule has 0 aromatic rings. The van der Waals surface area contributed by atoms with Crippen LogP contribution in [0.15, 0.2) is 122 Å². The molecule has 6 atom stereocenters. The maximum atomic E-state index is 13.2. The van der Waals surface area contributed by atoms with Crippen molar-refractivity contribution in [2.75, 3.05) is 13.2 Å². The van der Waals surface area contributed by atoms with Gasteiger partial charge in [0.05, 0.1) is 6.61 Å². The number of carboxylic acid groups (broad SMARTS) is 1. The first-order valence-corrected chi connectivity index (χ1v) is 31.5. The molecule has 0 saturated carbocycles. The molecule has 81 heavy (non-hydrogen) atoms. The fourth-order valence-electron chi connectivity index (χ4n) is 8.69. The lowest BCUT2D eigenvalue weighted by Crippen LogP contribution is -2.61. The van der Waals surface area contributed by atoms with Gasteiger partial charge >= 0.3 is 23.9 Å². The molecule has 12 nitrogen and oxygen atoms in total. The number of hydrogen-bond acceptors (Lipinski definition) is 11. The molecular weight excluding hydrogens is 1020 g/mol. The van der Waals surface area contributed by atoms with Crippen LogP contribution in [0.2, 0.25) is 0 Å². The lowest BCUT2D eigenvalue weighted by atomic mass is 9.98. The first-order chi connectivity index (χ1) is 39.6. The molecule has 1 aliphatic heterocycles. The molecule has 1 saturated heterocycles. The molecule has 0 bridgehead atoms. The van der Waals surface area contributed by atoms with Crippen molar-refractivity contribution in [2.24, 2.45) is 0 Å². The normalized spacial score (nSPS) is 18.6. The molecule has 0 aromatic carbocycles. The van der Waals surface area contributed by atoms with Gasteiger partial charge in [0.25, 0.3) is 0 Å². The van der Waals surface area contributed by atoms with E-state index in [2.05, 4.69) is 130 Å². The molecule has 12 heteroatoms. The summed E-state index contributed by atoms with van der Waals surface area (Å²) < 4.78 is 28.4. The number of ether oxygens (including phenoxy) is 5. The Morgan fingerprint density at radius 3 is 1.23 bits per heavy atom. The van der Waals surface area contributed by atoms with Crippen LogP contribution in [0.25, 0.3) is 0 Å². The van der Waals surface area contributed by atoms with Gasteiger partial charge in [0.15, 0.2) is 24.6 Å². The third kappa shape index (κ3) is 45.3. The summed E-state index contributed by atoms with van der Waals surface area (Å²) in [7, 11) is 0. The van der Waals surface area contributed by atoms with Gasteiger partial charge in [0.1, 0.15) is 18.8 Å². The zero-order chi connectivity index (χ0) is 58.9. The van der Waals surface area contributed by atoms with Gasteiger partial charge in [-0.3, -0.25) is 14.4 Å². The Morgan fingerprint density at radius 1 is 0.420 bits per heavy atom. The van der Waals surface area contributed by atoms with E-state index in [9.17, 15) is 34.5 Å². The predicted molar refractivity (Wildman–Crippen MR) is 330 cm³/mol. The van der Waals surface area contributed by atoms with E-state index in [1.165, 1.54) is 38.5 Å². The number of allylic oxidation sites excluding steroid dienone is 20. The Hall–Kier alpha value is -4.88. The summed E-state index contributed by atoms with van der Waals surface area (Å²) in [6.45, 7) is 5.75. The Balaban J connectivity index is 2.74. The van der Waals surface area contributed by atoms with Crippen molar-refractivity contribution in [2.45, 2.75) is 276 Å². The third-order valence-electron chi connectivity index (χ3n) is 13.5. The van der Waals surface area contributed by atoms with Gasteiger partial charge in [0.2, 0.25) is 0 Å². The number of esters is 3. The van der Waals surface area contributed by atoms with E-state index in [4.69, 9.17) is 23.7 Å². The van der Waals surface area contributed by atoms with E-state index in [1.807, 2.05) is 12.2 Å². The van der Waals surface area contributed by atoms with Crippen LogP contribution >= 0.6 is 0 Å². The van der Waals surface area contributed by atoms with Crippen molar-refractivity contribution in [1.82, 2.24) is 0 Å². The van der Waals surface area contributed by atoms with Gasteiger partial charge in [-0.25, -0.2) is 4.79 Å². The zero-order valence-electron chi connectivity index (χ0n) is 50.5. The number of carbonyl (C=O) groups excluding carboxylic acids is 3. The van der Waals surface area contributed by atoms with Crippen molar-refractivity contribution in [3.63, 3.8) is 0 Å². The van der Waals surface area contributed by atoms with Crippen molar-refractivity contribution in [3.05, 3.63) is 122 Å². The van der Waals surface area contributed by atoms with E-state index < -0.39 is 67.3 Å². The molecular formula is C69H110O12. The number of aliphatic hydroxyl groups is 2. The molecule has 6 unspecified atom stereocenters. The molecule has 0 radical (unpaired) electrons. The largest absolute Gasteiger partial charge is 0.479 e. The van der Waals surface area contributed by atoms with Gasteiger partial charge in [-0.1, -0.05) is 219 Å². The number of aliphatic hydroxyl groups excluding tert-OH is 2. The van der Waals surface area contributed by atoms with E-state index >= 15 is 0 Å². The van der Waals surface area contributed by atoms with Crippen molar-refractivity contribution in [3.8, 4) is 0 Å². The molecule has 1 fully saturated rings. The zero-order valence-corrected chi connectivity index (χ0v) is 50.5. The fourth-order valence-corrected chi connectivity index (χ4v) is 8.69. The van der Waals surface area contributed by atoms with E-state index in [1.54, 1.807) is 0 Å². The minimum absolute atomic E-state index is 0.0369. The lowest BCUT2D eigenvalue weighted by molar-refractivity contribution is -0.301. The Bertz CT molecular complexity index is 1870. The molecule has 1 aliphatic rings. The minimum atomic E-state index is -1.92. The maximum Gasteiger partial charge on any atom is 0.335 e. The van der Waals surface area contributed by atoms with E-state index in [0.29, 0.717) is 19.3 Å². The monoisotopic (exact) mass is 1130 g/mol. The van der Waals surface area contributed by atoms with Crippen LogP contribution in [0.3, 0.4) is 0 Å². The first kappa shape index (κ1) is 74.1. The smallest absolute Gasteiger partial charge is 0.335 e. The molecule has 3 N–H and O–H groups in total. The summed E-state index contributed by atoms with van der Waals surface area (Å²) in [6.07, 6.45) is 64.5. The second-order valence-electron chi connectivity index (χ2n) is 20.9. The molecule has 0 aliphatic carbocycles. The number of aliphatic carboxylic acids is 1. The van der Waals surface area contributed by atoms with Crippen LogP contribution < -0.4 is 0 Å². The molecule has 1 rings (SSSR count). The summed E-state index contributed by atoms with van der Waals surface area (Å²) in [5.41, 5.74) is 0. The highest BCUT2D eigenvalue weighted by Gasteiger charge is 2.50. The third-order valence-corrected chi connectivity index (χ3v) is 13.5. The Morgan fingerprint density at radius 2 is 0.802 bits per heavy atom. The SMILES string of the molecule is CC/C=C\C/C=C\C/C=C\C/C=C\C/C=C\C/C=C\CCC(=O)OCC(COC1OC(C(=O)O)C(O)C(O)C1OC(=O)CCCCCCCCC/C=C\C/C=C\CCCCC)OC(=O)CCCCCCC/C=C\C/C=C\CCCCC. The van der Waals surface area contributed by atoms with Gasteiger partial charge in [-0.2, -0.15) is 0 Å².